The molecule has 0 spiro atoms. The van der Waals surface area contributed by atoms with Gasteiger partial charge in [0, 0.05) is 26.9 Å². The molecule has 0 aromatic carbocycles. The van der Waals surface area contributed by atoms with Crippen molar-refractivity contribution >= 4 is 24.0 Å². The number of urea groups is 2. The van der Waals surface area contributed by atoms with Crippen molar-refractivity contribution in [2.75, 3.05) is 26.6 Å². The maximum Gasteiger partial charge on any atom is 0.326 e. The monoisotopic (exact) mass is 342 g/mol. The summed E-state index contributed by atoms with van der Waals surface area (Å²) in [5, 5.41) is 0. The molecule has 2 rings (SSSR count). The molecule has 2 saturated heterocycles. The van der Waals surface area contributed by atoms with Crippen LogP contribution in [0.1, 0.15) is 27.7 Å². The van der Waals surface area contributed by atoms with E-state index in [0.717, 1.165) is 0 Å². The van der Waals surface area contributed by atoms with Crippen molar-refractivity contribution in [1.29, 1.82) is 0 Å². The fourth-order valence-electron chi connectivity index (χ4n) is 2.99. The average molecular weight is 342 g/mol. The number of ether oxygens (including phenoxy) is 2. The highest BCUT2D eigenvalue weighted by Crippen LogP contribution is 2.34. The molecule has 0 N–H and O–H groups in total. The van der Waals surface area contributed by atoms with Gasteiger partial charge in [-0.1, -0.05) is 0 Å². The zero-order chi connectivity index (χ0) is 18.0. The van der Waals surface area contributed by atoms with Crippen molar-refractivity contribution in [3.05, 3.63) is 0 Å². The maximum absolute atomic E-state index is 12.6. The Morgan fingerprint density at radius 1 is 0.792 bits per heavy atom. The highest BCUT2D eigenvalue weighted by Gasteiger charge is 2.58. The minimum absolute atomic E-state index is 0.271. The Morgan fingerprint density at radius 2 is 1.12 bits per heavy atom. The Labute approximate surface area is 139 Å². The van der Waals surface area contributed by atoms with E-state index in [1.807, 2.05) is 0 Å². The normalized spacial score (nSPS) is 23.0. The quantitative estimate of drug-likeness (QED) is 0.639. The molecule has 2 aliphatic heterocycles. The molecule has 0 aromatic heterocycles. The van der Waals surface area contributed by atoms with Crippen LogP contribution in [-0.2, 0) is 19.1 Å². The number of esters is 2. The van der Waals surface area contributed by atoms with E-state index in [-0.39, 0.29) is 25.5 Å². The molecule has 0 bridgehead atoms. The first-order valence-corrected chi connectivity index (χ1v) is 7.74. The molecule has 2 fully saturated rings. The molecular weight excluding hydrogens is 320 g/mol. The summed E-state index contributed by atoms with van der Waals surface area (Å²) in [5.41, 5.74) is 0. The van der Waals surface area contributed by atoms with Crippen LogP contribution in [0.5, 0.6) is 0 Å². The first-order chi connectivity index (χ1) is 11.3. The zero-order valence-corrected chi connectivity index (χ0v) is 14.2. The van der Waals surface area contributed by atoms with Crippen molar-refractivity contribution in [3.63, 3.8) is 0 Å². The average Bonchev–Trinajstić information content (AvgIpc) is 2.93. The van der Waals surface area contributed by atoms with Crippen LogP contribution < -0.4 is 0 Å². The first kappa shape index (κ1) is 17.8. The molecular formula is C14H22N4O6. The SMILES string of the molecule is CCN1C(=O)N(COC(C)=O)C2C1N(CC)C(=O)N2COC(C)=O. The Hall–Kier alpha value is -2.52. The predicted octanol–water partition coefficient (Wildman–Crippen LogP) is 0.195. The van der Waals surface area contributed by atoms with Crippen LogP contribution in [0, 0.1) is 0 Å². The van der Waals surface area contributed by atoms with E-state index in [0.29, 0.717) is 13.1 Å². The topological polar surface area (TPSA) is 99.7 Å². The number of hydrogen-bond donors (Lipinski definition) is 0. The molecule has 0 aliphatic carbocycles. The number of nitrogens with zero attached hydrogens (tertiary/aromatic N) is 4. The summed E-state index contributed by atoms with van der Waals surface area (Å²) >= 11 is 0. The summed E-state index contributed by atoms with van der Waals surface area (Å²) < 4.78 is 9.90. The van der Waals surface area contributed by atoms with Crippen molar-refractivity contribution in [3.8, 4) is 0 Å². The van der Waals surface area contributed by atoms with Crippen LogP contribution in [0.25, 0.3) is 0 Å². The second-order valence-electron chi connectivity index (χ2n) is 5.43. The van der Waals surface area contributed by atoms with Gasteiger partial charge in [-0.05, 0) is 13.8 Å². The molecule has 24 heavy (non-hydrogen) atoms. The van der Waals surface area contributed by atoms with Gasteiger partial charge in [-0.3, -0.25) is 19.4 Å². The van der Waals surface area contributed by atoms with Gasteiger partial charge in [0.25, 0.3) is 0 Å². The summed E-state index contributed by atoms with van der Waals surface area (Å²) in [6.07, 6.45) is -1.21. The lowest BCUT2D eigenvalue weighted by Gasteiger charge is -2.28. The van der Waals surface area contributed by atoms with Crippen molar-refractivity contribution < 1.29 is 28.7 Å². The highest BCUT2D eigenvalue weighted by molar-refractivity contribution is 5.85. The van der Waals surface area contributed by atoms with Gasteiger partial charge in [0.2, 0.25) is 0 Å². The Kier molecular flexibility index (Phi) is 5.15. The third-order valence-corrected chi connectivity index (χ3v) is 4.02. The standard InChI is InChI=1S/C14H22N4O6/c1-5-15-11-12(17(13(15)21)7-23-9(3)19)18(8-24-10(4)20)14(22)16(11)6-2/h11-12H,5-8H2,1-4H3. The van der Waals surface area contributed by atoms with Gasteiger partial charge in [0.05, 0.1) is 0 Å². The van der Waals surface area contributed by atoms with Gasteiger partial charge in [-0.15, -0.1) is 0 Å². The van der Waals surface area contributed by atoms with Crippen molar-refractivity contribution in [2.24, 2.45) is 0 Å². The third kappa shape index (κ3) is 2.95. The summed E-state index contributed by atoms with van der Waals surface area (Å²) in [6.45, 7) is 6.33. The Bertz CT molecular complexity index is 507. The van der Waals surface area contributed by atoms with Crippen LogP contribution in [0.15, 0.2) is 0 Å². The van der Waals surface area contributed by atoms with E-state index >= 15 is 0 Å². The van der Waals surface area contributed by atoms with E-state index in [1.54, 1.807) is 13.8 Å². The molecule has 4 amide bonds. The summed E-state index contributed by atoms with van der Waals surface area (Å²) in [5.74, 6) is -1.06. The summed E-state index contributed by atoms with van der Waals surface area (Å²) in [7, 11) is 0. The largest absolute Gasteiger partial charge is 0.444 e. The second-order valence-corrected chi connectivity index (χ2v) is 5.43. The minimum atomic E-state index is -0.691. The number of hydrogen-bond acceptors (Lipinski definition) is 6. The molecule has 0 radical (unpaired) electrons. The number of amides is 4. The van der Waals surface area contributed by atoms with Gasteiger partial charge < -0.3 is 19.3 Å². The summed E-state index contributed by atoms with van der Waals surface area (Å²) in [6, 6.07) is -0.681. The highest BCUT2D eigenvalue weighted by atomic mass is 16.6. The number of fused-ring (bicyclic) bond motifs is 1. The van der Waals surface area contributed by atoms with Crippen LogP contribution in [0.3, 0.4) is 0 Å². The zero-order valence-electron chi connectivity index (χ0n) is 14.2. The molecule has 0 unspecified atom stereocenters. The number of carbonyl (C=O) groups is 4. The molecule has 0 aromatic rings. The van der Waals surface area contributed by atoms with E-state index in [2.05, 4.69) is 0 Å². The fraction of sp³-hybridized carbons (Fsp3) is 0.714. The van der Waals surface area contributed by atoms with Crippen molar-refractivity contribution in [1.82, 2.24) is 19.6 Å². The van der Waals surface area contributed by atoms with E-state index in [4.69, 9.17) is 9.47 Å². The van der Waals surface area contributed by atoms with Crippen LogP contribution >= 0.6 is 0 Å². The molecule has 134 valence electrons. The molecule has 2 aliphatic rings. The predicted molar refractivity (Wildman–Crippen MR) is 80.1 cm³/mol. The lowest BCUT2D eigenvalue weighted by molar-refractivity contribution is -0.148. The molecule has 0 saturated carbocycles. The first-order valence-electron chi connectivity index (χ1n) is 7.74. The smallest absolute Gasteiger partial charge is 0.326 e. The van der Waals surface area contributed by atoms with Gasteiger partial charge in [0.15, 0.2) is 19.6 Å². The molecule has 0 atom stereocenters. The van der Waals surface area contributed by atoms with Crippen LogP contribution in [0.4, 0.5) is 9.59 Å². The fourth-order valence-corrected chi connectivity index (χ4v) is 2.99. The van der Waals surface area contributed by atoms with Gasteiger partial charge in [-0.2, -0.15) is 0 Å². The Morgan fingerprint density at radius 3 is 1.42 bits per heavy atom. The van der Waals surface area contributed by atoms with Gasteiger partial charge >= 0.3 is 24.0 Å². The lowest BCUT2D eigenvalue weighted by Crippen LogP contribution is -2.48. The van der Waals surface area contributed by atoms with E-state index in [1.165, 1.54) is 33.4 Å². The van der Waals surface area contributed by atoms with Crippen LogP contribution in [0.2, 0.25) is 0 Å². The van der Waals surface area contributed by atoms with Crippen molar-refractivity contribution in [2.45, 2.75) is 40.0 Å². The lowest BCUT2D eigenvalue weighted by atomic mass is 10.3. The minimum Gasteiger partial charge on any atom is -0.444 e. The van der Waals surface area contributed by atoms with E-state index < -0.39 is 24.3 Å². The third-order valence-electron chi connectivity index (χ3n) is 4.02. The number of carbonyl (C=O) groups excluding carboxylic acids is 4. The maximum atomic E-state index is 12.6. The van der Waals surface area contributed by atoms with Gasteiger partial charge in [-0.25, -0.2) is 9.59 Å². The molecule has 10 nitrogen and oxygen atoms in total. The summed E-state index contributed by atoms with van der Waals surface area (Å²) in [4.78, 5) is 53.1. The molecule has 10 heteroatoms. The molecule has 2 heterocycles. The number of rotatable bonds is 6. The van der Waals surface area contributed by atoms with Gasteiger partial charge in [0.1, 0.15) is 6.17 Å². The number of likely N-dealkylation sites (N-methyl/N-ethyl adjacent to an activating group) is 2. The second kappa shape index (κ2) is 6.93. The van der Waals surface area contributed by atoms with Crippen LogP contribution in [-0.4, -0.2) is 82.5 Å². The van der Waals surface area contributed by atoms with E-state index in [9.17, 15) is 19.2 Å². The Balaban J connectivity index is 2.32.